The Hall–Kier alpha value is -4.26. The van der Waals surface area contributed by atoms with E-state index in [2.05, 4.69) is 17.1 Å². The first-order valence-corrected chi connectivity index (χ1v) is 13.7. The molecule has 0 fully saturated rings. The van der Waals surface area contributed by atoms with Crippen LogP contribution in [0, 0.1) is 11.6 Å². The molecular weight excluding hydrogens is 508 g/mol. The Morgan fingerprint density at radius 2 is 1.43 bits per heavy atom. The maximum atomic E-state index is 15.6. The van der Waals surface area contributed by atoms with E-state index in [0.29, 0.717) is 31.2 Å². The largest absolute Gasteiger partial charge is 0.792 e. The highest BCUT2D eigenvalue weighted by Gasteiger charge is 2.39. The number of fused-ring (bicyclic) bond motifs is 6. The minimum absolute atomic E-state index is 0.208. The molecule has 0 spiro atoms. The SMILES string of the molecule is Oc1cc(F)c(/C(=C2\C=C3CCCc4ccccc4C3=[N+]2[B]F)c2cc3c([nH]2)-c2ccccc2CCC3)c(F)c1. The number of halogens is 3. The van der Waals surface area contributed by atoms with E-state index in [4.69, 9.17) is 0 Å². The van der Waals surface area contributed by atoms with Gasteiger partial charge in [-0.05, 0) is 67.3 Å². The number of hydrogen-bond donors (Lipinski definition) is 2. The molecule has 7 rings (SSSR count). The average Bonchev–Trinajstić information content (AvgIpc) is 3.41. The lowest BCUT2D eigenvalue weighted by Crippen LogP contribution is -2.21. The van der Waals surface area contributed by atoms with Crippen molar-refractivity contribution in [3.05, 3.63) is 129 Å². The number of phenolic OH excluding ortho intramolecular Hbond substituents is 1. The molecule has 2 aliphatic carbocycles. The number of aromatic nitrogens is 1. The number of aromatic amines is 1. The zero-order valence-corrected chi connectivity index (χ0v) is 21.8. The number of nitrogens with zero attached hydrogens (tertiary/aromatic N) is 1. The number of benzene rings is 3. The monoisotopic (exact) mass is 534 g/mol. The van der Waals surface area contributed by atoms with Crippen LogP contribution in [-0.4, -0.2) is 28.0 Å². The van der Waals surface area contributed by atoms with Gasteiger partial charge in [0.25, 0.3) is 0 Å². The quantitative estimate of drug-likeness (QED) is 0.268. The molecule has 40 heavy (non-hydrogen) atoms. The van der Waals surface area contributed by atoms with Gasteiger partial charge < -0.3 is 10.1 Å². The normalized spacial score (nSPS) is 17.2. The predicted molar refractivity (Wildman–Crippen MR) is 151 cm³/mol. The number of phenols is 1. The molecule has 197 valence electrons. The fourth-order valence-corrected chi connectivity index (χ4v) is 6.52. The Balaban J connectivity index is 1.55. The van der Waals surface area contributed by atoms with Gasteiger partial charge in [-0.3, -0.25) is 0 Å². The first-order valence-electron chi connectivity index (χ1n) is 13.7. The molecule has 3 aliphatic rings. The Kier molecular flexibility index (Phi) is 6.03. The standard InChI is InChI=1S/C33H26BF3N2O/c35-26-17-23(40)18-27(36)30(26)31(28-15-21-11-5-9-19-7-1-3-13-24(19)32(21)38-28)29-16-22-12-6-10-20-8-2-4-14-25(20)33(22)39(29)34-37/h1-4,7-8,13-18,38,40H,5-6,9-12H2/q+1. The maximum absolute atomic E-state index is 15.6. The van der Waals surface area contributed by atoms with E-state index in [1.807, 2.05) is 48.5 Å². The second-order valence-corrected chi connectivity index (χ2v) is 10.6. The second kappa shape index (κ2) is 9.74. The lowest BCUT2D eigenvalue weighted by Gasteiger charge is -2.12. The Morgan fingerprint density at radius 1 is 0.800 bits per heavy atom. The summed E-state index contributed by atoms with van der Waals surface area (Å²) in [5.41, 5.74) is 8.61. The van der Waals surface area contributed by atoms with Crippen LogP contribution in [0.3, 0.4) is 0 Å². The van der Waals surface area contributed by atoms with Crippen LogP contribution in [0.15, 0.2) is 84.1 Å². The van der Waals surface area contributed by atoms with Crippen LogP contribution in [0.4, 0.5) is 13.1 Å². The molecule has 2 N–H and O–H groups in total. The maximum Gasteiger partial charge on any atom is 0.792 e. The number of hydrogen-bond acceptors (Lipinski definition) is 1. The van der Waals surface area contributed by atoms with Crippen molar-refractivity contribution in [2.45, 2.75) is 38.5 Å². The van der Waals surface area contributed by atoms with Crippen molar-refractivity contribution in [3.63, 3.8) is 0 Å². The predicted octanol–water partition coefficient (Wildman–Crippen LogP) is 7.20. The molecule has 7 heteroatoms. The van der Waals surface area contributed by atoms with Crippen molar-refractivity contribution in [1.29, 1.82) is 0 Å². The number of aryl methyl sites for hydroxylation is 3. The number of allylic oxidation sites excluding steroid dienone is 2. The van der Waals surface area contributed by atoms with Gasteiger partial charge in [-0.15, -0.1) is 0 Å². The highest BCUT2D eigenvalue weighted by atomic mass is 19.1. The third-order valence-corrected chi connectivity index (χ3v) is 8.26. The van der Waals surface area contributed by atoms with Crippen LogP contribution < -0.4 is 0 Å². The highest BCUT2D eigenvalue weighted by molar-refractivity contribution is 6.24. The molecule has 0 amide bonds. The molecule has 3 aromatic carbocycles. The van der Waals surface area contributed by atoms with E-state index in [1.54, 1.807) is 0 Å². The fraction of sp³-hybridized carbons (Fsp3) is 0.182. The van der Waals surface area contributed by atoms with E-state index in [1.165, 1.54) is 10.0 Å². The number of rotatable bonds is 3. The van der Waals surface area contributed by atoms with E-state index < -0.39 is 17.4 Å². The Labute approximate surface area is 231 Å². The van der Waals surface area contributed by atoms with Crippen molar-refractivity contribution in [1.82, 2.24) is 4.98 Å². The van der Waals surface area contributed by atoms with Crippen molar-refractivity contribution < 1.29 is 22.7 Å². The van der Waals surface area contributed by atoms with Crippen LogP contribution in [0.25, 0.3) is 16.8 Å². The zero-order chi connectivity index (χ0) is 27.4. The van der Waals surface area contributed by atoms with Crippen LogP contribution >= 0.6 is 0 Å². The van der Waals surface area contributed by atoms with Crippen LogP contribution in [-0.2, 0) is 19.3 Å². The summed E-state index contributed by atoms with van der Waals surface area (Å²) in [4.78, 5) is 3.48. The Bertz CT molecular complexity index is 1760. The first-order chi connectivity index (χ1) is 19.5. The summed E-state index contributed by atoms with van der Waals surface area (Å²) in [6.45, 7) is 0. The average molecular weight is 534 g/mol. The van der Waals surface area contributed by atoms with Gasteiger partial charge in [0.15, 0.2) is 11.4 Å². The molecule has 0 atom stereocenters. The van der Waals surface area contributed by atoms with E-state index in [-0.39, 0.29) is 11.1 Å². The molecule has 0 saturated carbocycles. The number of H-pyrrole nitrogens is 1. The summed E-state index contributed by atoms with van der Waals surface area (Å²) in [5, 5.41) is 9.92. The van der Waals surface area contributed by atoms with Gasteiger partial charge in [0.1, 0.15) is 17.4 Å². The molecule has 1 aromatic heterocycles. The minimum Gasteiger partial charge on any atom is -0.508 e. The van der Waals surface area contributed by atoms with E-state index in [9.17, 15) is 9.42 Å². The van der Waals surface area contributed by atoms with E-state index in [0.717, 1.165) is 77.8 Å². The fourth-order valence-electron chi connectivity index (χ4n) is 6.52. The van der Waals surface area contributed by atoms with Gasteiger partial charge in [-0.1, -0.05) is 42.5 Å². The Morgan fingerprint density at radius 3 is 2.15 bits per heavy atom. The van der Waals surface area contributed by atoms with Gasteiger partial charge in [0, 0.05) is 40.6 Å². The lowest BCUT2D eigenvalue weighted by molar-refractivity contribution is -0.317. The molecule has 2 heterocycles. The van der Waals surface area contributed by atoms with Gasteiger partial charge in [-0.2, -0.15) is 0 Å². The molecule has 0 saturated heterocycles. The summed E-state index contributed by atoms with van der Waals surface area (Å²) in [6.07, 6.45) is 7.00. The summed E-state index contributed by atoms with van der Waals surface area (Å²) < 4.78 is 47.6. The van der Waals surface area contributed by atoms with Gasteiger partial charge in [0.2, 0.25) is 0 Å². The highest BCUT2D eigenvalue weighted by Crippen LogP contribution is 2.41. The third kappa shape index (κ3) is 3.95. The van der Waals surface area contributed by atoms with Crippen LogP contribution in [0.2, 0.25) is 0 Å². The van der Waals surface area contributed by atoms with Crippen molar-refractivity contribution in [2.24, 2.45) is 0 Å². The van der Waals surface area contributed by atoms with Crippen molar-refractivity contribution in [2.75, 3.05) is 0 Å². The van der Waals surface area contributed by atoms with Crippen LogP contribution in [0.1, 0.15) is 52.8 Å². The van der Waals surface area contributed by atoms with Crippen LogP contribution in [0.5, 0.6) is 5.75 Å². The minimum atomic E-state index is -0.917. The molecule has 4 aromatic rings. The lowest BCUT2D eigenvalue weighted by atomic mass is 9.96. The molecule has 0 unspecified atom stereocenters. The molecule has 1 aliphatic heterocycles. The van der Waals surface area contributed by atoms with Gasteiger partial charge >= 0.3 is 7.69 Å². The van der Waals surface area contributed by atoms with E-state index >= 15 is 8.78 Å². The van der Waals surface area contributed by atoms with Gasteiger partial charge in [-0.25, -0.2) is 17.6 Å². The molecule has 3 nitrogen and oxygen atoms in total. The summed E-state index contributed by atoms with van der Waals surface area (Å²) in [5.74, 6) is -2.34. The molecular formula is C33H26BF3N2O+. The van der Waals surface area contributed by atoms with Crippen molar-refractivity contribution in [3.8, 4) is 17.0 Å². The first kappa shape index (κ1) is 24.8. The topological polar surface area (TPSA) is 39.0 Å². The summed E-state index contributed by atoms with van der Waals surface area (Å²) in [7, 11) is 0.482. The molecule has 1 radical (unpaired) electrons. The third-order valence-electron chi connectivity index (χ3n) is 8.26. The number of aromatic hydroxyl groups is 1. The summed E-state index contributed by atoms with van der Waals surface area (Å²) in [6, 6.07) is 19.8. The molecule has 0 bridgehead atoms. The van der Waals surface area contributed by atoms with Crippen molar-refractivity contribution >= 4 is 19.0 Å². The zero-order valence-electron chi connectivity index (χ0n) is 21.8. The number of nitrogens with one attached hydrogen (secondary N) is 1. The smallest absolute Gasteiger partial charge is 0.508 e. The second-order valence-electron chi connectivity index (χ2n) is 10.6. The van der Waals surface area contributed by atoms with Gasteiger partial charge in [0.05, 0.1) is 16.8 Å². The summed E-state index contributed by atoms with van der Waals surface area (Å²) >= 11 is 0.